The van der Waals surface area contributed by atoms with E-state index in [0.717, 1.165) is 16.8 Å². The van der Waals surface area contributed by atoms with Gasteiger partial charge in [-0.1, -0.05) is 6.07 Å². The van der Waals surface area contributed by atoms with E-state index in [4.69, 9.17) is 0 Å². The summed E-state index contributed by atoms with van der Waals surface area (Å²) in [5, 5.41) is 0. The van der Waals surface area contributed by atoms with Crippen LogP contribution in [0.25, 0.3) is 0 Å². The molecule has 0 unspecified atom stereocenters. The van der Waals surface area contributed by atoms with Gasteiger partial charge >= 0.3 is 0 Å². The molecular weight excluding hydrogens is 229 g/mol. The van der Waals surface area contributed by atoms with Crippen LogP contribution in [0.4, 0.5) is 4.39 Å². The van der Waals surface area contributed by atoms with Crippen molar-refractivity contribution in [2.45, 2.75) is 20.3 Å². The first-order chi connectivity index (χ1) is 8.56. The van der Waals surface area contributed by atoms with Gasteiger partial charge in [-0.15, -0.1) is 0 Å². The van der Waals surface area contributed by atoms with Gasteiger partial charge in [0.1, 0.15) is 5.82 Å². The molecular formula is C15H14FNO. The van der Waals surface area contributed by atoms with E-state index < -0.39 is 0 Å². The number of hydrogen-bond donors (Lipinski definition) is 0. The summed E-state index contributed by atoms with van der Waals surface area (Å²) in [4.78, 5) is 16.1. The number of aromatic nitrogens is 1. The van der Waals surface area contributed by atoms with Crippen molar-refractivity contribution >= 4 is 5.78 Å². The molecule has 2 rings (SSSR count). The molecule has 0 radical (unpaired) electrons. The van der Waals surface area contributed by atoms with Gasteiger partial charge in [0, 0.05) is 23.9 Å². The molecule has 18 heavy (non-hydrogen) atoms. The monoisotopic (exact) mass is 243 g/mol. The molecule has 1 aromatic heterocycles. The molecule has 0 amide bonds. The van der Waals surface area contributed by atoms with Crippen molar-refractivity contribution < 1.29 is 9.18 Å². The first-order valence-electron chi connectivity index (χ1n) is 5.77. The summed E-state index contributed by atoms with van der Waals surface area (Å²) in [5.74, 6) is -0.251. The van der Waals surface area contributed by atoms with Gasteiger partial charge in [0.2, 0.25) is 0 Å². The van der Waals surface area contributed by atoms with Gasteiger partial charge < -0.3 is 0 Å². The Bertz CT molecular complexity index is 593. The Kier molecular flexibility index (Phi) is 3.51. The van der Waals surface area contributed by atoms with Crippen LogP contribution in [-0.2, 0) is 6.42 Å². The van der Waals surface area contributed by atoms with Crippen LogP contribution in [-0.4, -0.2) is 10.8 Å². The summed E-state index contributed by atoms with van der Waals surface area (Å²) in [7, 11) is 0. The van der Waals surface area contributed by atoms with E-state index in [1.165, 1.54) is 12.1 Å². The Hall–Kier alpha value is -2.03. The highest BCUT2D eigenvalue weighted by Gasteiger charge is 2.09. The predicted molar refractivity (Wildman–Crippen MR) is 68.1 cm³/mol. The van der Waals surface area contributed by atoms with E-state index in [-0.39, 0.29) is 18.0 Å². The molecule has 1 aromatic carbocycles. The summed E-state index contributed by atoms with van der Waals surface area (Å²) < 4.78 is 13.0. The van der Waals surface area contributed by atoms with Crippen LogP contribution in [0.3, 0.4) is 0 Å². The van der Waals surface area contributed by atoms with Crippen LogP contribution < -0.4 is 0 Å². The van der Waals surface area contributed by atoms with Gasteiger partial charge in [-0.2, -0.15) is 0 Å². The number of Topliss-reactive ketones (excluding diaryl/α,β-unsaturated/α-hetero) is 1. The molecule has 2 nitrogen and oxygen atoms in total. The third-order valence-electron chi connectivity index (χ3n) is 2.87. The second-order valence-corrected chi connectivity index (χ2v) is 4.36. The number of hydrogen-bond acceptors (Lipinski definition) is 2. The minimum absolute atomic E-state index is 0.0233. The van der Waals surface area contributed by atoms with E-state index in [9.17, 15) is 9.18 Å². The van der Waals surface area contributed by atoms with Crippen LogP contribution in [0.5, 0.6) is 0 Å². The van der Waals surface area contributed by atoms with Crippen molar-refractivity contribution in [1.29, 1.82) is 0 Å². The highest BCUT2D eigenvalue weighted by molar-refractivity contribution is 5.97. The van der Waals surface area contributed by atoms with Crippen LogP contribution in [0.2, 0.25) is 0 Å². The van der Waals surface area contributed by atoms with E-state index in [1.54, 1.807) is 24.4 Å². The van der Waals surface area contributed by atoms with Gasteiger partial charge in [-0.25, -0.2) is 4.39 Å². The maximum absolute atomic E-state index is 13.0. The Morgan fingerprint density at radius 3 is 2.67 bits per heavy atom. The van der Waals surface area contributed by atoms with E-state index in [0.29, 0.717) is 5.56 Å². The molecule has 3 heteroatoms. The number of nitrogens with zero attached hydrogens (tertiary/aromatic N) is 1. The number of halogens is 1. The Morgan fingerprint density at radius 1 is 1.22 bits per heavy atom. The second kappa shape index (κ2) is 5.08. The van der Waals surface area contributed by atoms with Crippen molar-refractivity contribution in [2.24, 2.45) is 0 Å². The molecule has 0 fully saturated rings. The smallest absolute Gasteiger partial charge is 0.167 e. The summed E-state index contributed by atoms with van der Waals surface area (Å²) in [6.07, 6.45) is 1.91. The lowest BCUT2D eigenvalue weighted by molar-refractivity contribution is 0.0992. The van der Waals surface area contributed by atoms with Gasteiger partial charge in [0.15, 0.2) is 5.78 Å². The van der Waals surface area contributed by atoms with Gasteiger partial charge in [0.05, 0.1) is 0 Å². The number of benzene rings is 1. The fourth-order valence-corrected chi connectivity index (χ4v) is 1.85. The molecule has 0 spiro atoms. The number of carbonyl (C=O) groups is 1. The molecule has 0 atom stereocenters. The number of pyridine rings is 1. The maximum Gasteiger partial charge on any atom is 0.167 e. The van der Waals surface area contributed by atoms with Crippen molar-refractivity contribution in [3.63, 3.8) is 0 Å². The molecule has 0 bridgehead atoms. The van der Waals surface area contributed by atoms with E-state index >= 15 is 0 Å². The maximum atomic E-state index is 13.0. The fourth-order valence-electron chi connectivity index (χ4n) is 1.85. The van der Waals surface area contributed by atoms with Gasteiger partial charge in [0.25, 0.3) is 0 Å². The zero-order valence-corrected chi connectivity index (χ0v) is 10.4. The average Bonchev–Trinajstić information content (AvgIpc) is 2.32. The van der Waals surface area contributed by atoms with Crippen LogP contribution >= 0.6 is 0 Å². The summed E-state index contributed by atoms with van der Waals surface area (Å²) in [5.41, 5.74) is 3.12. The summed E-state index contributed by atoms with van der Waals surface area (Å²) in [6, 6.07) is 7.96. The molecule has 0 aliphatic rings. The molecule has 0 saturated heterocycles. The van der Waals surface area contributed by atoms with E-state index in [1.807, 2.05) is 13.8 Å². The standard InChI is InChI=1S/C15H14FNO/c1-10-7-14(16)4-3-12(10)9-15(18)13-5-6-17-11(2)8-13/h3-8H,9H2,1-2H3. The first kappa shape index (κ1) is 12.4. The molecule has 92 valence electrons. The largest absolute Gasteiger partial charge is 0.294 e. The van der Waals surface area contributed by atoms with Crippen molar-refractivity contribution in [3.8, 4) is 0 Å². The van der Waals surface area contributed by atoms with Gasteiger partial charge in [-0.05, 0) is 49.2 Å². The molecule has 0 aliphatic carbocycles. The highest BCUT2D eigenvalue weighted by atomic mass is 19.1. The van der Waals surface area contributed by atoms with E-state index in [2.05, 4.69) is 4.98 Å². The first-order valence-corrected chi connectivity index (χ1v) is 5.77. The minimum atomic E-state index is -0.275. The van der Waals surface area contributed by atoms with Crippen LogP contribution in [0, 0.1) is 19.7 Å². The Labute approximate surface area is 105 Å². The van der Waals surface area contributed by atoms with Crippen molar-refractivity contribution in [2.75, 3.05) is 0 Å². The van der Waals surface area contributed by atoms with Crippen LogP contribution in [0.15, 0.2) is 36.5 Å². The number of ketones is 1. The minimum Gasteiger partial charge on any atom is -0.294 e. The lowest BCUT2D eigenvalue weighted by Gasteiger charge is -2.05. The quantitative estimate of drug-likeness (QED) is 0.774. The molecule has 0 aliphatic heterocycles. The van der Waals surface area contributed by atoms with Crippen molar-refractivity contribution in [1.82, 2.24) is 4.98 Å². The molecule has 2 aromatic rings. The Balaban J connectivity index is 2.21. The topological polar surface area (TPSA) is 30.0 Å². The van der Waals surface area contributed by atoms with Gasteiger partial charge in [-0.3, -0.25) is 9.78 Å². The zero-order valence-electron chi connectivity index (χ0n) is 10.4. The summed E-state index contributed by atoms with van der Waals surface area (Å²) >= 11 is 0. The van der Waals surface area contributed by atoms with Crippen LogP contribution in [0.1, 0.15) is 27.2 Å². The number of aryl methyl sites for hydroxylation is 2. The number of carbonyl (C=O) groups excluding carboxylic acids is 1. The average molecular weight is 243 g/mol. The lowest BCUT2D eigenvalue weighted by atomic mass is 9.99. The second-order valence-electron chi connectivity index (χ2n) is 4.36. The third kappa shape index (κ3) is 2.80. The third-order valence-corrected chi connectivity index (χ3v) is 2.87. The zero-order chi connectivity index (χ0) is 13.1. The number of rotatable bonds is 3. The predicted octanol–water partition coefficient (Wildman–Crippen LogP) is 3.26. The molecule has 1 heterocycles. The highest BCUT2D eigenvalue weighted by Crippen LogP contribution is 2.13. The normalized spacial score (nSPS) is 10.4. The molecule has 0 saturated carbocycles. The lowest BCUT2D eigenvalue weighted by Crippen LogP contribution is -2.05. The summed E-state index contributed by atoms with van der Waals surface area (Å²) in [6.45, 7) is 3.66. The van der Waals surface area contributed by atoms with Crippen molar-refractivity contribution in [3.05, 3.63) is 64.7 Å². The fraction of sp³-hybridized carbons (Fsp3) is 0.200. The Morgan fingerprint density at radius 2 is 2.00 bits per heavy atom. The SMILES string of the molecule is Cc1cc(C(=O)Cc2ccc(F)cc2C)ccn1. The molecule has 0 N–H and O–H groups in total.